The van der Waals surface area contributed by atoms with Gasteiger partial charge >= 0.3 is 0 Å². The van der Waals surface area contributed by atoms with E-state index >= 15 is 0 Å². The predicted molar refractivity (Wildman–Crippen MR) is 54.6 cm³/mol. The minimum atomic E-state index is -0.0769. The van der Waals surface area contributed by atoms with Gasteiger partial charge in [-0.3, -0.25) is 20.4 Å². The fourth-order valence-corrected chi connectivity index (χ4v) is 2.13. The standard InChI is InChI=1S/C10H17N3O2/c14-7-11-12-10(15)9-5-13(6-9)4-8-2-1-3-8/h7-9H,1-6H2,(H,11,14)(H,12,15). The molecule has 0 aromatic rings. The summed E-state index contributed by atoms with van der Waals surface area (Å²) in [5.41, 5.74) is 4.53. The molecule has 0 spiro atoms. The summed E-state index contributed by atoms with van der Waals surface area (Å²) in [6.07, 6.45) is 4.54. The summed E-state index contributed by atoms with van der Waals surface area (Å²) in [5.74, 6) is 0.839. The molecule has 0 radical (unpaired) electrons. The van der Waals surface area contributed by atoms with Gasteiger partial charge in [0.05, 0.1) is 5.92 Å². The average Bonchev–Trinajstić information content (AvgIpc) is 2.09. The molecule has 15 heavy (non-hydrogen) atoms. The topological polar surface area (TPSA) is 61.4 Å². The largest absolute Gasteiger partial charge is 0.301 e. The molecule has 2 amide bonds. The summed E-state index contributed by atoms with van der Waals surface area (Å²) in [4.78, 5) is 23.6. The van der Waals surface area contributed by atoms with Crippen molar-refractivity contribution in [3.8, 4) is 0 Å². The van der Waals surface area contributed by atoms with Gasteiger partial charge in [-0.25, -0.2) is 0 Å². The van der Waals surface area contributed by atoms with E-state index in [2.05, 4.69) is 15.8 Å². The van der Waals surface area contributed by atoms with Crippen LogP contribution in [0, 0.1) is 11.8 Å². The highest BCUT2D eigenvalue weighted by molar-refractivity contribution is 5.80. The molecule has 1 aliphatic heterocycles. The van der Waals surface area contributed by atoms with Crippen molar-refractivity contribution in [1.29, 1.82) is 0 Å². The van der Waals surface area contributed by atoms with E-state index < -0.39 is 0 Å². The quantitative estimate of drug-likeness (QED) is 0.476. The maximum atomic E-state index is 11.3. The zero-order valence-electron chi connectivity index (χ0n) is 8.74. The molecule has 0 unspecified atom stereocenters. The number of rotatable bonds is 5. The Hall–Kier alpha value is -1.10. The number of hydrazine groups is 1. The van der Waals surface area contributed by atoms with Crippen LogP contribution in [0.1, 0.15) is 19.3 Å². The number of likely N-dealkylation sites (tertiary alicyclic amines) is 1. The first-order valence-electron chi connectivity index (χ1n) is 5.51. The Balaban J connectivity index is 1.59. The van der Waals surface area contributed by atoms with Crippen LogP contribution in [0.15, 0.2) is 0 Å². The van der Waals surface area contributed by atoms with Gasteiger partial charge in [-0.15, -0.1) is 0 Å². The monoisotopic (exact) mass is 211 g/mol. The summed E-state index contributed by atoms with van der Waals surface area (Å²) in [6, 6.07) is 0. The minimum absolute atomic E-state index is 0.0533. The van der Waals surface area contributed by atoms with Gasteiger partial charge < -0.3 is 4.90 Å². The zero-order valence-corrected chi connectivity index (χ0v) is 8.74. The van der Waals surface area contributed by atoms with Gasteiger partial charge in [-0.1, -0.05) is 6.42 Å². The molecule has 2 fully saturated rings. The first-order valence-corrected chi connectivity index (χ1v) is 5.51. The molecule has 84 valence electrons. The van der Waals surface area contributed by atoms with Gasteiger partial charge in [-0.2, -0.15) is 0 Å². The van der Waals surface area contributed by atoms with E-state index in [1.54, 1.807) is 0 Å². The van der Waals surface area contributed by atoms with E-state index in [9.17, 15) is 9.59 Å². The van der Waals surface area contributed by atoms with Crippen molar-refractivity contribution < 1.29 is 9.59 Å². The average molecular weight is 211 g/mol. The van der Waals surface area contributed by atoms with E-state index in [0.29, 0.717) is 6.41 Å². The molecular weight excluding hydrogens is 194 g/mol. The van der Waals surface area contributed by atoms with Crippen molar-refractivity contribution in [1.82, 2.24) is 15.8 Å². The number of amides is 2. The number of hydrogen-bond acceptors (Lipinski definition) is 3. The Bertz CT molecular complexity index is 247. The van der Waals surface area contributed by atoms with Crippen LogP contribution >= 0.6 is 0 Å². The molecular formula is C10H17N3O2. The Kier molecular flexibility index (Phi) is 3.20. The molecule has 2 rings (SSSR count). The van der Waals surface area contributed by atoms with E-state index in [1.807, 2.05) is 0 Å². The van der Waals surface area contributed by atoms with Gasteiger partial charge in [0.25, 0.3) is 0 Å². The maximum absolute atomic E-state index is 11.3. The molecule has 5 nitrogen and oxygen atoms in total. The normalized spacial score (nSPS) is 22.7. The van der Waals surface area contributed by atoms with Crippen molar-refractivity contribution in [2.75, 3.05) is 19.6 Å². The lowest BCUT2D eigenvalue weighted by Crippen LogP contribution is -2.56. The Labute approximate surface area is 89.2 Å². The lowest BCUT2D eigenvalue weighted by molar-refractivity contribution is -0.133. The molecule has 1 saturated heterocycles. The smallest absolute Gasteiger partial charge is 0.244 e. The fourth-order valence-electron chi connectivity index (χ4n) is 2.13. The third kappa shape index (κ3) is 2.47. The fraction of sp³-hybridized carbons (Fsp3) is 0.800. The number of carbonyl (C=O) groups is 2. The van der Waals surface area contributed by atoms with Crippen molar-refractivity contribution >= 4 is 12.3 Å². The van der Waals surface area contributed by atoms with Gasteiger partial charge in [0, 0.05) is 19.6 Å². The van der Waals surface area contributed by atoms with Crippen molar-refractivity contribution in [3.05, 3.63) is 0 Å². The van der Waals surface area contributed by atoms with Crippen LogP contribution in [0.5, 0.6) is 0 Å². The van der Waals surface area contributed by atoms with E-state index in [4.69, 9.17) is 0 Å². The van der Waals surface area contributed by atoms with Crippen LogP contribution < -0.4 is 10.9 Å². The third-order valence-electron chi connectivity index (χ3n) is 3.32. The van der Waals surface area contributed by atoms with Gasteiger partial charge in [0.15, 0.2) is 0 Å². The van der Waals surface area contributed by atoms with Gasteiger partial charge in [0.2, 0.25) is 12.3 Å². The summed E-state index contributed by atoms with van der Waals surface area (Å²) in [7, 11) is 0. The van der Waals surface area contributed by atoms with Crippen LogP contribution in [0.4, 0.5) is 0 Å². The van der Waals surface area contributed by atoms with Crippen molar-refractivity contribution in [2.24, 2.45) is 11.8 Å². The second-order valence-electron chi connectivity index (χ2n) is 4.46. The number of nitrogens with one attached hydrogen (secondary N) is 2. The molecule has 2 aliphatic rings. The highest BCUT2D eigenvalue weighted by atomic mass is 16.2. The van der Waals surface area contributed by atoms with Crippen molar-refractivity contribution in [3.63, 3.8) is 0 Å². The van der Waals surface area contributed by atoms with Crippen LogP contribution in [0.25, 0.3) is 0 Å². The highest BCUT2D eigenvalue weighted by Crippen LogP contribution is 2.29. The van der Waals surface area contributed by atoms with Crippen LogP contribution in [0.2, 0.25) is 0 Å². The number of hydrogen-bond donors (Lipinski definition) is 2. The lowest BCUT2D eigenvalue weighted by atomic mass is 9.83. The Morgan fingerprint density at radius 3 is 2.67 bits per heavy atom. The minimum Gasteiger partial charge on any atom is -0.301 e. The van der Waals surface area contributed by atoms with E-state index in [-0.39, 0.29) is 11.8 Å². The molecule has 0 atom stereocenters. The third-order valence-corrected chi connectivity index (χ3v) is 3.32. The van der Waals surface area contributed by atoms with Crippen LogP contribution in [0.3, 0.4) is 0 Å². The zero-order chi connectivity index (χ0) is 10.7. The van der Waals surface area contributed by atoms with Crippen LogP contribution in [-0.4, -0.2) is 36.9 Å². The summed E-state index contributed by atoms with van der Waals surface area (Å²) < 4.78 is 0. The predicted octanol–water partition coefficient (Wildman–Crippen LogP) is -0.505. The molecule has 1 aliphatic carbocycles. The van der Waals surface area contributed by atoms with Crippen molar-refractivity contribution in [2.45, 2.75) is 19.3 Å². The summed E-state index contributed by atoms with van der Waals surface area (Å²) in [6.45, 7) is 2.82. The molecule has 1 saturated carbocycles. The highest BCUT2D eigenvalue weighted by Gasteiger charge is 2.34. The second-order valence-corrected chi connectivity index (χ2v) is 4.46. The lowest BCUT2D eigenvalue weighted by Gasteiger charge is -2.41. The molecule has 0 aromatic heterocycles. The Morgan fingerprint density at radius 2 is 2.13 bits per heavy atom. The number of carbonyl (C=O) groups excluding carboxylic acids is 2. The van der Waals surface area contributed by atoms with E-state index in [1.165, 1.54) is 19.3 Å². The summed E-state index contributed by atoms with van der Waals surface area (Å²) >= 11 is 0. The first kappa shape index (κ1) is 10.4. The second kappa shape index (κ2) is 4.61. The molecule has 2 N–H and O–H groups in total. The molecule has 1 heterocycles. The van der Waals surface area contributed by atoms with Gasteiger partial charge in [-0.05, 0) is 18.8 Å². The molecule has 0 bridgehead atoms. The summed E-state index contributed by atoms with van der Waals surface area (Å²) in [5, 5.41) is 0. The Morgan fingerprint density at radius 1 is 1.40 bits per heavy atom. The maximum Gasteiger partial charge on any atom is 0.244 e. The molecule has 0 aromatic carbocycles. The van der Waals surface area contributed by atoms with E-state index in [0.717, 1.165) is 25.6 Å². The number of nitrogens with zero attached hydrogens (tertiary/aromatic N) is 1. The SMILES string of the molecule is O=CNNC(=O)C1CN(CC2CCC2)C1. The first-order chi connectivity index (χ1) is 7.29. The van der Waals surface area contributed by atoms with Gasteiger partial charge in [0.1, 0.15) is 0 Å². The molecule has 5 heteroatoms. The van der Waals surface area contributed by atoms with Crippen LogP contribution in [-0.2, 0) is 9.59 Å².